The number of ether oxygens (including phenoxy) is 1. The van der Waals surface area contributed by atoms with Gasteiger partial charge in [0.25, 0.3) is 0 Å². The van der Waals surface area contributed by atoms with Crippen LogP contribution in [0.1, 0.15) is 17.0 Å². The molecule has 17 heavy (non-hydrogen) atoms. The van der Waals surface area contributed by atoms with Gasteiger partial charge in [0.15, 0.2) is 17.3 Å². The van der Waals surface area contributed by atoms with E-state index in [0.29, 0.717) is 23.6 Å². The Hall–Kier alpha value is -1.88. The van der Waals surface area contributed by atoms with Crippen LogP contribution in [0.4, 0.5) is 4.39 Å². The maximum atomic E-state index is 13.6. The van der Waals surface area contributed by atoms with Gasteiger partial charge in [-0.15, -0.1) is 0 Å². The summed E-state index contributed by atoms with van der Waals surface area (Å²) in [6.07, 6.45) is 0. The fourth-order valence-corrected chi connectivity index (χ4v) is 1.40. The largest absolute Gasteiger partial charge is 0.482 e. The minimum atomic E-state index is -0.355. The van der Waals surface area contributed by atoms with Gasteiger partial charge in [-0.3, -0.25) is 0 Å². The highest BCUT2D eigenvalue weighted by molar-refractivity contribution is 5.30. The molecule has 0 spiro atoms. The van der Waals surface area contributed by atoms with E-state index in [4.69, 9.17) is 15.0 Å². The molecular formula is C12H13FN2O2. The van der Waals surface area contributed by atoms with E-state index >= 15 is 0 Å². The van der Waals surface area contributed by atoms with Crippen LogP contribution < -0.4 is 10.5 Å². The maximum Gasteiger partial charge on any atom is 0.174 e. The number of aryl methyl sites for hydroxylation is 1. The molecule has 0 radical (unpaired) electrons. The lowest BCUT2D eigenvalue weighted by Gasteiger charge is -2.06. The predicted octanol–water partition coefficient (Wildman–Crippen LogP) is 2.16. The third-order valence-electron chi connectivity index (χ3n) is 2.34. The van der Waals surface area contributed by atoms with Gasteiger partial charge >= 0.3 is 0 Å². The maximum absolute atomic E-state index is 13.6. The van der Waals surface area contributed by atoms with Crippen LogP contribution >= 0.6 is 0 Å². The van der Waals surface area contributed by atoms with Gasteiger partial charge in [0.1, 0.15) is 6.61 Å². The van der Waals surface area contributed by atoms with Crippen LogP contribution in [-0.2, 0) is 13.2 Å². The average molecular weight is 236 g/mol. The Morgan fingerprint density at radius 3 is 3.00 bits per heavy atom. The van der Waals surface area contributed by atoms with Crippen molar-refractivity contribution in [1.29, 1.82) is 0 Å². The summed E-state index contributed by atoms with van der Waals surface area (Å²) >= 11 is 0. The predicted molar refractivity (Wildman–Crippen MR) is 59.9 cm³/mol. The Bertz CT molecular complexity index is 511. The molecule has 0 amide bonds. The highest BCUT2D eigenvalue weighted by atomic mass is 19.1. The van der Waals surface area contributed by atoms with Crippen molar-refractivity contribution in [2.24, 2.45) is 5.73 Å². The van der Waals surface area contributed by atoms with Crippen LogP contribution in [0.2, 0.25) is 0 Å². The monoisotopic (exact) mass is 236 g/mol. The molecule has 0 bridgehead atoms. The lowest BCUT2D eigenvalue weighted by Crippen LogP contribution is -1.98. The second-order valence-corrected chi connectivity index (χ2v) is 3.66. The van der Waals surface area contributed by atoms with E-state index < -0.39 is 0 Å². The summed E-state index contributed by atoms with van der Waals surface area (Å²) in [4.78, 5) is 0. The number of nitrogens with two attached hydrogens (primary N) is 1. The van der Waals surface area contributed by atoms with Gasteiger partial charge in [0.2, 0.25) is 0 Å². The molecular weight excluding hydrogens is 223 g/mol. The van der Waals surface area contributed by atoms with E-state index in [1.54, 1.807) is 31.2 Å². The SMILES string of the molecule is Cc1cccc(OCc2cc(CN)no2)c1F. The molecule has 1 heterocycles. The lowest BCUT2D eigenvalue weighted by atomic mass is 10.2. The van der Waals surface area contributed by atoms with Crippen molar-refractivity contribution in [3.05, 3.63) is 47.1 Å². The normalized spacial score (nSPS) is 10.5. The van der Waals surface area contributed by atoms with Gasteiger partial charge in [-0.2, -0.15) is 0 Å². The first-order chi connectivity index (χ1) is 8.20. The molecule has 90 valence electrons. The molecule has 0 atom stereocenters. The van der Waals surface area contributed by atoms with Crippen LogP contribution in [0, 0.1) is 12.7 Å². The van der Waals surface area contributed by atoms with Gasteiger partial charge in [-0.25, -0.2) is 4.39 Å². The third-order valence-corrected chi connectivity index (χ3v) is 2.34. The zero-order valence-corrected chi connectivity index (χ0v) is 9.44. The summed E-state index contributed by atoms with van der Waals surface area (Å²) in [5.41, 5.74) is 6.58. The fourth-order valence-electron chi connectivity index (χ4n) is 1.40. The molecule has 2 N–H and O–H groups in total. The topological polar surface area (TPSA) is 61.3 Å². The zero-order valence-electron chi connectivity index (χ0n) is 9.44. The van der Waals surface area contributed by atoms with Crippen LogP contribution in [0.3, 0.4) is 0 Å². The Balaban J connectivity index is 2.04. The second-order valence-electron chi connectivity index (χ2n) is 3.66. The van der Waals surface area contributed by atoms with E-state index in [1.165, 1.54) is 0 Å². The molecule has 0 aliphatic rings. The molecule has 0 aliphatic carbocycles. The summed E-state index contributed by atoms with van der Waals surface area (Å²) in [6, 6.07) is 6.68. The molecule has 0 saturated carbocycles. The highest BCUT2D eigenvalue weighted by Gasteiger charge is 2.08. The highest BCUT2D eigenvalue weighted by Crippen LogP contribution is 2.20. The summed E-state index contributed by atoms with van der Waals surface area (Å²) in [5.74, 6) is 0.369. The summed E-state index contributed by atoms with van der Waals surface area (Å²) in [7, 11) is 0. The van der Waals surface area contributed by atoms with Crippen molar-refractivity contribution in [3.63, 3.8) is 0 Å². The molecule has 2 rings (SSSR count). The zero-order chi connectivity index (χ0) is 12.3. The number of halogens is 1. The van der Waals surface area contributed by atoms with Crippen LogP contribution in [0.5, 0.6) is 5.75 Å². The minimum absolute atomic E-state index is 0.132. The number of aromatic nitrogens is 1. The van der Waals surface area contributed by atoms with Gasteiger partial charge in [-0.05, 0) is 18.6 Å². The first-order valence-corrected chi connectivity index (χ1v) is 5.23. The number of benzene rings is 1. The molecule has 2 aromatic rings. The Morgan fingerprint density at radius 1 is 1.47 bits per heavy atom. The van der Waals surface area contributed by atoms with Gasteiger partial charge in [-0.1, -0.05) is 17.3 Å². The molecule has 0 saturated heterocycles. The van der Waals surface area contributed by atoms with Crippen molar-refractivity contribution in [1.82, 2.24) is 5.16 Å². The van der Waals surface area contributed by atoms with Crippen molar-refractivity contribution < 1.29 is 13.7 Å². The van der Waals surface area contributed by atoms with Gasteiger partial charge in [0.05, 0.1) is 5.69 Å². The smallest absolute Gasteiger partial charge is 0.174 e. The summed E-state index contributed by atoms with van der Waals surface area (Å²) in [5, 5.41) is 3.71. The lowest BCUT2D eigenvalue weighted by molar-refractivity contribution is 0.239. The number of rotatable bonds is 4. The van der Waals surface area contributed by atoms with Crippen molar-refractivity contribution >= 4 is 0 Å². The van der Waals surface area contributed by atoms with Crippen molar-refractivity contribution in [2.75, 3.05) is 0 Å². The molecule has 0 fully saturated rings. The van der Waals surface area contributed by atoms with E-state index in [9.17, 15) is 4.39 Å². The first-order valence-electron chi connectivity index (χ1n) is 5.23. The van der Waals surface area contributed by atoms with Gasteiger partial charge in [0, 0.05) is 12.6 Å². The number of nitrogens with zero attached hydrogens (tertiary/aromatic N) is 1. The summed E-state index contributed by atoms with van der Waals surface area (Å²) < 4.78 is 23.9. The van der Waals surface area contributed by atoms with Gasteiger partial charge < -0.3 is 15.0 Å². The quantitative estimate of drug-likeness (QED) is 0.883. The molecule has 1 aromatic carbocycles. The fraction of sp³-hybridized carbons (Fsp3) is 0.250. The molecule has 4 nitrogen and oxygen atoms in total. The Morgan fingerprint density at radius 2 is 2.29 bits per heavy atom. The molecule has 1 aromatic heterocycles. The Kier molecular flexibility index (Phi) is 3.39. The standard InChI is InChI=1S/C12H13FN2O2/c1-8-3-2-4-11(12(8)13)16-7-10-5-9(6-14)15-17-10/h2-5H,6-7,14H2,1H3. The Labute approximate surface area is 98.2 Å². The van der Waals surface area contributed by atoms with E-state index in [2.05, 4.69) is 5.16 Å². The third kappa shape index (κ3) is 2.62. The number of hydrogen-bond donors (Lipinski definition) is 1. The number of hydrogen-bond acceptors (Lipinski definition) is 4. The molecule has 0 aliphatic heterocycles. The second kappa shape index (κ2) is 4.97. The van der Waals surface area contributed by atoms with Crippen LogP contribution in [0.25, 0.3) is 0 Å². The first kappa shape index (κ1) is 11.6. The van der Waals surface area contributed by atoms with Crippen molar-refractivity contribution in [3.8, 4) is 5.75 Å². The van der Waals surface area contributed by atoms with Crippen molar-refractivity contribution in [2.45, 2.75) is 20.1 Å². The van der Waals surface area contributed by atoms with E-state index in [1.807, 2.05) is 0 Å². The molecule has 0 unspecified atom stereocenters. The molecule has 5 heteroatoms. The summed E-state index contributed by atoms with van der Waals surface area (Å²) in [6.45, 7) is 2.12. The minimum Gasteiger partial charge on any atom is -0.482 e. The average Bonchev–Trinajstić information content (AvgIpc) is 2.79. The van der Waals surface area contributed by atoms with E-state index in [0.717, 1.165) is 0 Å². The van der Waals surface area contributed by atoms with Crippen LogP contribution in [-0.4, -0.2) is 5.16 Å². The van der Waals surface area contributed by atoms with E-state index in [-0.39, 0.29) is 18.2 Å². The van der Waals surface area contributed by atoms with Crippen LogP contribution in [0.15, 0.2) is 28.8 Å².